The maximum atomic E-state index is 13.4. The zero-order valence-corrected chi connectivity index (χ0v) is 21.5. The fourth-order valence-electron chi connectivity index (χ4n) is 4.59. The van der Waals surface area contributed by atoms with Crippen LogP contribution in [0, 0.1) is 0 Å². The van der Waals surface area contributed by atoms with Gasteiger partial charge in [-0.05, 0) is 53.6 Å². The molecule has 4 aromatic rings. The number of ether oxygens (including phenoxy) is 3. The first-order valence-electron chi connectivity index (χ1n) is 12.3. The molecule has 0 bridgehead atoms. The van der Waals surface area contributed by atoms with Crippen LogP contribution in [0.15, 0.2) is 101 Å². The van der Waals surface area contributed by atoms with E-state index in [4.69, 9.17) is 18.6 Å². The van der Waals surface area contributed by atoms with Crippen LogP contribution < -0.4 is 14.2 Å². The summed E-state index contributed by atoms with van der Waals surface area (Å²) in [5.74, 6) is -0.000654. The Morgan fingerprint density at radius 1 is 0.897 bits per heavy atom. The van der Waals surface area contributed by atoms with Crippen molar-refractivity contribution in [3.05, 3.63) is 119 Å². The number of ketones is 1. The highest BCUT2D eigenvalue weighted by Gasteiger charge is 2.46. The van der Waals surface area contributed by atoms with Crippen molar-refractivity contribution in [2.75, 3.05) is 14.2 Å². The van der Waals surface area contributed by atoms with E-state index in [1.54, 1.807) is 54.6 Å². The number of carbonyl (C=O) groups is 2. The molecule has 39 heavy (non-hydrogen) atoms. The van der Waals surface area contributed by atoms with Crippen LogP contribution in [0.25, 0.3) is 5.76 Å². The molecule has 2 heterocycles. The van der Waals surface area contributed by atoms with Crippen molar-refractivity contribution in [3.8, 4) is 17.2 Å². The highest BCUT2D eigenvalue weighted by atomic mass is 16.5. The minimum absolute atomic E-state index is 0.0422. The second kappa shape index (κ2) is 11.2. The van der Waals surface area contributed by atoms with Crippen LogP contribution in [-0.2, 0) is 22.7 Å². The number of hydrogen-bond donors (Lipinski definition) is 1. The zero-order chi connectivity index (χ0) is 27.4. The van der Waals surface area contributed by atoms with Crippen LogP contribution in [0.2, 0.25) is 0 Å². The minimum atomic E-state index is -0.880. The van der Waals surface area contributed by atoms with E-state index in [0.29, 0.717) is 35.2 Å². The van der Waals surface area contributed by atoms with Gasteiger partial charge in [0.05, 0.1) is 44.2 Å². The Bertz CT molecular complexity index is 1490. The molecule has 1 aliphatic heterocycles. The first-order valence-corrected chi connectivity index (χ1v) is 12.3. The van der Waals surface area contributed by atoms with E-state index in [2.05, 4.69) is 0 Å². The third-order valence-corrected chi connectivity index (χ3v) is 6.55. The van der Waals surface area contributed by atoms with Gasteiger partial charge in [-0.25, -0.2) is 0 Å². The van der Waals surface area contributed by atoms with Crippen LogP contribution in [0.3, 0.4) is 0 Å². The van der Waals surface area contributed by atoms with Crippen molar-refractivity contribution in [1.29, 1.82) is 0 Å². The lowest BCUT2D eigenvalue weighted by Crippen LogP contribution is -2.29. The van der Waals surface area contributed by atoms with Gasteiger partial charge in [0.2, 0.25) is 0 Å². The number of rotatable bonds is 9. The lowest BCUT2D eigenvalue weighted by molar-refractivity contribution is -0.140. The molecule has 1 unspecified atom stereocenters. The number of aliphatic hydroxyl groups is 1. The van der Waals surface area contributed by atoms with E-state index in [-0.39, 0.29) is 23.4 Å². The number of furan rings is 1. The van der Waals surface area contributed by atoms with Gasteiger partial charge in [-0.3, -0.25) is 9.59 Å². The van der Waals surface area contributed by atoms with E-state index in [1.807, 2.05) is 30.3 Å². The third kappa shape index (κ3) is 5.22. The summed E-state index contributed by atoms with van der Waals surface area (Å²) in [7, 11) is 2.95. The second-order valence-electron chi connectivity index (χ2n) is 8.92. The first kappa shape index (κ1) is 25.7. The Morgan fingerprint density at radius 3 is 2.31 bits per heavy atom. The number of aliphatic hydroxyl groups excluding tert-OH is 1. The summed E-state index contributed by atoms with van der Waals surface area (Å²) >= 11 is 0. The molecule has 1 aromatic heterocycles. The normalized spacial score (nSPS) is 16.4. The smallest absolute Gasteiger partial charge is 0.296 e. The van der Waals surface area contributed by atoms with Gasteiger partial charge in [-0.15, -0.1) is 0 Å². The van der Waals surface area contributed by atoms with E-state index in [1.165, 1.54) is 25.4 Å². The molecular formula is C31H27NO7. The number of carbonyl (C=O) groups excluding carboxylic acids is 2. The second-order valence-corrected chi connectivity index (χ2v) is 8.92. The van der Waals surface area contributed by atoms with Gasteiger partial charge < -0.3 is 28.6 Å². The number of Topliss-reactive ketones (excluding diaryl/α,β-unsaturated/α-hetero) is 1. The van der Waals surface area contributed by atoms with Crippen LogP contribution in [0.1, 0.15) is 28.5 Å². The predicted molar refractivity (Wildman–Crippen MR) is 143 cm³/mol. The van der Waals surface area contributed by atoms with Gasteiger partial charge in [-0.2, -0.15) is 0 Å². The zero-order valence-electron chi connectivity index (χ0n) is 21.5. The highest BCUT2D eigenvalue weighted by molar-refractivity contribution is 6.46. The van der Waals surface area contributed by atoms with Crippen molar-refractivity contribution >= 4 is 17.4 Å². The molecule has 8 heteroatoms. The van der Waals surface area contributed by atoms with Crippen LogP contribution in [-0.4, -0.2) is 35.9 Å². The molecule has 0 saturated carbocycles. The summed E-state index contributed by atoms with van der Waals surface area (Å²) in [5.41, 5.74) is 1.83. The molecule has 0 spiro atoms. The Morgan fingerprint density at radius 2 is 1.64 bits per heavy atom. The maximum absolute atomic E-state index is 13.4. The van der Waals surface area contributed by atoms with Crippen LogP contribution in [0.4, 0.5) is 0 Å². The summed E-state index contributed by atoms with van der Waals surface area (Å²) in [5, 5.41) is 11.5. The summed E-state index contributed by atoms with van der Waals surface area (Å²) in [6.07, 6.45) is 1.50. The van der Waals surface area contributed by atoms with Crippen molar-refractivity contribution in [3.63, 3.8) is 0 Å². The monoisotopic (exact) mass is 525 g/mol. The quantitative estimate of drug-likeness (QED) is 0.175. The average molecular weight is 526 g/mol. The van der Waals surface area contributed by atoms with Gasteiger partial charge in [0.25, 0.3) is 11.7 Å². The summed E-state index contributed by atoms with van der Waals surface area (Å²) in [4.78, 5) is 28.0. The molecule has 1 saturated heterocycles. The maximum Gasteiger partial charge on any atom is 0.296 e. The van der Waals surface area contributed by atoms with E-state index >= 15 is 0 Å². The van der Waals surface area contributed by atoms with Crippen molar-refractivity contribution in [2.24, 2.45) is 0 Å². The molecule has 1 amide bonds. The SMILES string of the molecule is COc1ccc(OC)c(/C(O)=C2\C(=O)C(=O)N(Cc3ccco3)C2c2ccc(OCc3ccccc3)cc2)c1. The van der Waals surface area contributed by atoms with Gasteiger partial charge in [-0.1, -0.05) is 42.5 Å². The predicted octanol–water partition coefficient (Wildman–Crippen LogP) is 5.50. The lowest BCUT2D eigenvalue weighted by atomic mass is 9.94. The summed E-state index contributed by atoms with van der Waals surface area (Å²) in [6, 6.07) is 24.3. The van der Waals surface area contributed by atoms with Crippen molar-refractivity contribution in [2.45, 2.75) is 19.2 Å². The Kier molecular flexibility index (Phi) is 7.36. The van der Waals surface area contributed by atoms with E-state index < -0.39 is 17.7 Å². The fourth-order valence-corrected chi connectivity index (χ4v) is 4.59. The largest absolute Gasteiger partial charge is 0.507 e. The molecule has 0 aliphatic carbocycles. The molecule has 1 fully saturated rings. The minimum Gasteiger partial charge on any atom is -0.507 e. The van der Waals surface area contributed by atoms with Gasteiger partial charge >= 0.3 is 0 Å². The first-order chi connectivity index (χ1) is 19.0. The third-order valence-electron chi connectivity index (χ3n) is 6.55. The Balaban J connectivity index is 1.55. The van der Waals surface area contributed by atoms with Crippen LogP contribution >= 0.6 is 0 Å². The molecule has 5 rings (SSSR count). The van der Waals surface area contributed by atoms with E-state index in [9.17, 15) is 14.7 Å². The molecular weight excluding hydrogens is 498 g/mol. The lowest BCUT2D eigenvalue weighted by Gasteiger charge is -2.25. The summed E-state index contributed by atoms with van der Waals surface area (Å²) < 4.78 is 22.1. The molecule has 8 nitrogen and oxygen atoms in total. The van der Waals surface area contributed by atoms with Gasteiger partial charge in [0.15, 0.2) is 0 Å². The number of nitrogens with zero attached hydrogens (tertiary/aromatic N) is 1. The fraction of sp³-hybridized carbons (Fsp3) is 0.161. The number of amides is 1. The Labute approximate surface area is 225 Å². The molecule has 1 aliphatic rings. The van der Waals surface area contributed by atoms with Crippen molar-refractivity contribution in [1.82, 2.24) is 4.90 Å². The molecule has 3 aromatic carbocycles. The molecule has 1 atom stereocenters. The molecule has 198 valence electrons. The molecule has 0 radical (unpaired) electrons. The van der Waals surface area contributed by atoms with E-state index in [0.717, 1.165) is 5.56 Å². The summed E-state index contributed by atoms with van der Waals surface area (Å²) in [6.45, 7) is 0.438. The highest BCUT2D eigenvalue weighted by Crippen LogP contribution is 2.42. The van der Waals surface area contributed by atoms with Crippen molar-refractivity contribution < 1.29 is 33.3 Å². The number of likely N-dealkylation sites (tertiary alicyclic amines) is 1. The average Bonchev–Trinajstić information content (AvgIpc) is 3.58. The van der Waals surface area contributed by atoms with Gasteiger partial charge in [0.1, 0.15) is 35.4 Å². The molecule has 1 N–H and O–H groups in total. The van der Waals surface area contributed by atoms with Gasteiger partial charge in [0, 0.05) is 0 Å². The standard InChI is InChI=1S/C31H27NO7/c1-36-23-14-15-26(37-2)25(17-23)29(33)27-28(32(31(35)30(27)34)18-24-9-6-16-38-24)21-10-12-22(13-11-21)39-19-20-7-4-3-5-8-20/h3-17,28,33H,18-19H2,1-2H3/b29-27+. The topological polar surface area (TPSA) is 98.4 Å². The number of methoxy groups -OCH3 is 2. The number of hydrogen-bond acceptors (Lipinski definition) is 7. The van der Waals surface area contributed by atoms with Crippen LogP contribution in [0.5, 0.6) is 17.2 Å². The number of benzene rings is 3. The Hall–Kier alpha value is -4.98.